The van der Waals surface area contributed by atoms with Crippen LogP contribution in [-0.2, 0) is 4.79 Å². The van der Waals surface area contributed by atoms with Gasteiger partial charge in [0, 0.05) is 0 Å². The molecule has 100 valence electrons. The fraction of sp³-hybridized carbons (Fsp3) is 0.312. The highest BCUT2D eigenvalue weighted by molar-refractivity contribution is 5.92. The molecule has 0 unspecified atom stereocenters. The first kappa shape index (κ1) is 13.6. The Bertz CT molecular complexity index is 572. The van der Waals surface area contributed by atoms with Gasteiger partial charge in [-0.2, -0.15) is 0 Å². The van der Waals surface area contributed by atoms with Gasteiger partial charge >= 0.3 is 0 Å². The van der Waals surface area contributed by atoms with Crippen LogP contribution in [-0.4, -0.2) is 31.4 Å². The van der Waals surface area contributed by atoms with Crippen molar-refractivity contribution in [3.63, 3.8) is 0 Å². The second-order valence-electron chi connectivity index (χ2n) is 5.12. The van der Waals surface area contributed by atoms with Gasteiger partial charge in [0.25, 0.3) is 0 Å². The maximum Gasteiger partial charge on any atom is 0.225 e. The van der Waals surface area contributed by atoms with Crippen molar-refractivity contribution in [1.29, 1.82) is 0 Å². The van der Waals surface area contributed by atoms with Gasteiger partial charge in [-0.15, -0.1) is 0 Å². The van der Waals surface area contributed by atoms with E-state index in [1.165, 1.54) is 0 Å². The average molecular weight is 256 g/mol. The Morgan fingerprint density at radius 1 is 1.16 bits per heavy atom. The molecule has 0 aliphatic rings. The van der Waals surface area contributed by atoms with E-state index in [1.54, 1.807) is 0 Å². The SMILES string of the molecule is CN(C)CC[C@@H](C(N)=O)c1cccc2ccccc12. The molecule has 1 atom stereocenters. The van der Waals surface area contributed by atoms with E-state index >= 15 is 0 Å². The molecule has 3 heteroatoms. The van der Waals surface area contributed by atoms with Crippen LogP contribution in [0.5, 0.6) is 0 Å². The summed E-state index contributed by atoms with van der Waals surface area (Å²) in [5, 5.41) is 2.27. The Labute approximate surface area is 114 Å². The Morgan fingerprint density at radius 3 is 2.53 bits per heavy atom. The number of hydrogen-bond acceptors (Lipinski definition) is 2. The van der Waals surface area contributed by atoms with Crippen LogP contribution in [0.15, 0.2) is 42.5 Å². The summed E-state index contributed by atoms with van der Waals surface area (Å²) in [6, 6.07) is 14.2. The van der Waals surface area contributed by atoms with Gasteiger partial charge in [-0.3, -0.25) is 4.79 Å². The summed E-state index contributed by atoms with van der Waals surface area (Å²) >= 11 is 0. The summed E-state index contributed by atoms with van der Waals surface area (Å²) in [4.78, 5) is 13.8. The zero-order valence-corrected chi connectivity index (χ0v) is 11.5. The molecule has 0 fully saturated rings. The third-order valence-electron chi connectivity index (χ3n) is 3.41. The highest BCUT2D eigenvalue weighted by atomic mass is 16.1. The fourth-order valence-electron chi connectivity index (χ4n) is 2.39. The van der Waals surface area contributed by atoms with Crippen LogP contribution in [0, 0.1) is 0 Å². The number of carbonyl (C=O) groups is 1. The molecule has 0 spiro atoms. The first-order valence-electron chi connectivity index (χ1n) is 6.51. The minimum Gasteiger partial charge on any atom is -0.369 e. The number of nitrogens with two attached hydrogens (primary N) is 1. The van der Waals surface area contributed by atoms with Crippen molar-refractivity contribution in [3.8, 4) is 0 Å². The van der Waals surface area contributed by atoms with Crippen molar-refractivity contribution >= 4 is 16.7 Å². The maximum atomic E-state index is 11.8. The topological polar surface area (TPSA) is 46.3 Å². The predicted molar refractivity (Wildman–Crippen MR) is 79.1 cm³/mol. The Balaban J connectivity index is 2.41. The van der Waals surface area contributed by atoms with E-state index in [0.717, 1.165) is 29.3 Å². The minimum absolute atomic E-state index is 0.228. The molecule has 2 aromatic carbocycles. The highest BCUT2D eigenvalue weighted by Crippen LogP contribution is 2.27. The molecule has 2 N–H and O–H groups in total. The number of primary amides is 1. The van der Waals surface area contributed by atoms with E-state index in [4.69, 9.17) is 5.73 Å². The summed E-state index contributed by atoms with van der Waals surface area (Å²) in [5.41, 5.74) is 6.62. The second-order valence-corrected chi connectivity index (χ2v) is 5.12. The van der Waals surface area contributed by atoms with Crippen LogP contribution in [0.25, 0.3) is 10.8 Å². The van der Waals surface area contributed by atoms with Gasteiger partial charge in [-0.1, -0.05) is 42.5 Å². The zero-order valence-electron chi connectivity index (χ0n) is 11.5. The molecule has 0 aliphatic heterocycles. The molecule has 0 bridgehead atoms. The van der Waals surface area contributed by atoms with E-state index in [0.29, 0.717) is 0 Å². The molecular weight excluding hydrogens is 236 g/mol. The van der Waals surface area contributed by atoms with Crippen molar-refractivity contribution in [3.05, 3.63) is 48.0 Å². The van der Waals surface area contributed by atoms with Crippen LogP contribution >= 0.6 is 0 Å². The van der Waals surface area contributed by atoms with E-state index in [9.17, 15) is 4.79 Å². The zero-order chi connectivity index (χ0) is 13.8. The summed E-state index contributed by atoms with van der Waals surface area (Å²) in [6.07, 6.45) is 0.746. The van der Waals surface area contributed by atoms with Gasteiger partial charge < -0.3 is 10.6 Å². The average Bonchev–Trinajstić information content (AvgIpc) is 2.38. The standard InChI is InChI=1S/C16H20N2O/c1-18(2)11-10-15(16(17)19)14-9-5-7-12-6-3-4-8-13(12)14/h3-9,15H,10-11H2,1-2H3,(H2,17,19)/t15-/m1/s1. The third kappa shape index (κ3) is 3.12. The number of amides is 1. The van der Waals surface area contributed by atoms with Crippen LogP contribution in [0.2, 0.25) is 0 Å². The van der Waals surface area contributed by atoms with Crippen LogP contribution in [0.4, 0.5) is 0 Å². The minimum atomic E-state index is -0.252. The van der Waals surface area contributed by atoms with Crippen molar-refractivity contribution in [1.82, 2.24) is 4.90 Å². The molecule has 3 nitrogen and oxygen atoms in total. The van der Waals surface area contributed by atoms with E-state index in [2.05, 4.69) is 23.1 Å². The second kappa shape index (κ2) is 5.85. The lowest BCUT2D eigenvalue weighted by atomic mass is 9.90. The van der Waals surface area contributed by atoms with Gasteiger partial charge in [-0.25, -0.2) is 0 Å². The van der Waals surface area contributed by atoms with Gasteiger partial charge in [-0.05, 0) is 43.4 Å². The summed E-state index contributed by atoms with van der Waals surface area (Å²) in [7, 11) is 4.00. The summed E-state index contributed by atoms with van der Waals surface area (Å²) < 4.78 is 0. The van der Waals surface area contributed by atoms with E-state index < -0.39 is 0 Å². The Kier molecular flexibility index (Phi) is 4.17. The lowest BCUT2D eigenvalue weighted by Crippen LogP contribution is -2.25. The molecule has 0 heterocycles. The van der Waals surface area contributed by atoms with Crippen LogP contribution in [0.1, 0.15) is 17.9 Å². The monoisotopic (exact) mass is 256 g/mol. The van der Waals surface area contributed by atoms with Gasteiger partial charge in [0.1, 0.15) is 0 Å². The number of carbonyl (C=O) groups excluding carboxylic acids is 1. The fourth-order valence-corrected chi connectivity index (χ4v) is 2.39. The molecule has 0 aliphatic carbocycles. The Hall–Kier alpha value is -1.87. The lowest BCUT2D eigenvalue weighted by Gasteiger charge is -2.18. The molecule has 19 heavy (non-hydrogen) atoms. The van der Waals surface area contributed by atoms with Crippen molar-refractivity contribution in [2.24, 2.45) is 5.73 Å². The van der Waals surface area contributed by atoms with Gasteiger partial charge in [0.05, 0.1) is 5.92 Å². The van der Waals surface area contributed by atoms with Crippen LogP contribution < -0.4 is 5.73 Å². The molecular formula is C16H20N2O. The van der Waals surface area contributed by atoms with E-state index in [1.807, 2.05) is 38.4 Å². The normalized spacial score (nSPS) is 12.8. The summed E-state index contributed by atoms with van der Waals surface area (Å²) in [5.74, 6) is -0.480. The highest BCUT2D eigenvalue weighted by Gasteiger charge is 2.19. The molecule has 2 aromatic rings. The first-order chi connectivity index (χ1) is 9.09. The molecule has 0 saturated heterocycles. The maximum absolute atomic E-state index is 11.8. The number of rotatable bonds is 5. The van der Waals surface area contributed by atoms with Gasteiger partial charge in [0.2, 0.25) is 5.91 Å². The number of nitrogens with zero attached hydrogens (tertiary/aromatic N) is 1. The Morgan fingerprint density at radius 2 is 1.84 bits per heavy atom. The number of hydrogen-bond donors (Lipinski definition) is 1. The van der Waals surface area contributed by atoms with E-state index in [-0.39, 0.29) is 11.8 Å². The van der Waals surface area contributed by atoms with Gasteiger partial charge in [0.15, 0.2) is 0 Å². The quantitative estimate of drug-likeness (QED) is 0.892. The molecule has 2 rings (SSSR count). The smallest absolute Gasteiger partial charge is 0.225 e. The lowest BCUT2D eigenvalue weighted by molar-refractivity contribution is -0.119. The third-order valence-corrected chi connectivity index (χ3v) is 3.41. The first-order valence-corrected chi connectivity index (χ1v) is 6.51. The summed E-state index contributed by atoms with van der Waals surface area (Å²) in [6.45, 7) is 0.844. The van der Waals surface area contributed by atoms with Crippen LogP contribution in [0.3, 0.4) is 0 Å². The number of benzene rings is 2. The van der Waals surface area contributed by atoms with Crippen molar-refractivity contribution < 1.29 is 4.79 Å². The largest absolute Gasteiger partial charge is 0.369 e. The number of fused-ring (bicyclic) bond motifs is 1. The molecule has 0 saturated carbocycles. The predicted octanol–water partition coefficient (Wildman–Crippen LogP) is 2.36. The molecule has 0 radical (unpaired) electrons. The van der Waals surface area contributed by atoms with Crippen molar-refractivity contribution in [2.45, 2.75) is 12.3 Å². The molecule has 1 amide bonds. The molecule has 0 aromatic heterocycles. The van der Waals surface area contributed by atoms with Crippen molar-refractivity contribution in [2.75, 3.05) is 20.6 Å².